The zero-order valence-electron chi connectivity index (χ0n) is 13.3. The van der Waals surface area contributed by atoms with Crippen LogP contribution in [0, 0.1) is 11.3 Å². The molecule has 1 amide bonds. The number of nitrogens with zero attached hydrogens (tertiary/aromatic N) is 1. The minimum Gasteiger partial charge on any atom is -0.321 e. The Morgan fingerprint density at radius 1 is 1.43 bits per heavy atom. The smallest absolute Gasteiger partial charge is 0.241 e. The van der Waals surface area contributed by atoms with Crippen LogP contribution < -0.4 is 5.32 Å². The largest absolute Gasteiger partial charge is 0.321 e. The van der Waals surface area contributed by atoms with Crippen LogP contribution in [0.3, 0.4) is 0 Å². The van der Waals surface area contributed by atoms with Crippen LogP contribution in [0.5, 0.6) is 0 Å². The molecular weight excluding hydrogens is 280 g/mol. The molecule has 0 bridgehead atoms. The summed E-state index contributed by atoms with van der Waals surface area (Å²) in [6.07, 6.45) is 5.18. The molecule has 1 aromatic heterocycles. The zero-order valence-corrected chi connectivity index (χ0v) is 14.1. The first-order chi connectivity index (χ1) is 10.0. The van der Waals surface area contributed by atoms with E-state index >= 15 is 0 Å². The van der Waals surface area contributed by atoms with Crippen LogP contribution in [0.15, 0.2) is 16.8 Å². The Bertz CT molecular complexity index is 491. The quantitative estimate of drug-likeness (QED) is 0.918. The van der Waals surface area contributed by atoms with E-state index in [0.29, 0.717) is 11.3 Å². The molecule has 3 nitrogen and oxygen atoms in total. The van der Waals surface area contributed by atoms with Crippen LogP contribution in [-0.2, 0) is 4.79 Å². The minimum atomic E-state index is -0.0418. The topological polar surface area (TPSA) is 32.3 Å². The summed E-state index contributed by atoms with van der Waals surface area (Å²) in [4.78, 5) is 15.0. The van der Waals surface area contributed by atoms with Crippen LogP contribution in [-0.4, -0.2) is 23.4 Å². The van der Waals surface area contributed by atoms with Crippen molar-refractivity contribution >= 4 is 17.2 Å². The molecule has 2 aliphatic rings. The lowest BCUT2D eigenvalue weighted by atomic mass is 9.88. The lowest BCUT2D eigenvalue weighted by molar-refractivity contribution is -0.132. The number of thiophene rings is 1. The van der Waals surface area contributed by atoms with Gasteiger partial charge >= 0.3 is 0 Å². The molecule has 1 aromatic rings. The predicted octanol–water partition coefficient (Wildman–Crippen LogP) is 3.78. The summed E-state index contributed by atoms with van der Waals surface area (Å²) < 4.78 is 0. The lowest BCUT2D eigenvalue weighted by Crippen LogP contribution is -2.39. The monoisotopic (exact) mass is 306 g/mol. The van der Waals surface area contributed by atoms with Gasteiger partial charge in [0.25, 0.3) is 0 Å². The van der Waals surface area contributed by atoms with E-state index in [0.717, 1.165) is 6.54 Å². The molecule has 21 heavy (non-hydrogen) atoms. The Kier molecular flexibility index (Phi) is 4.10. The number of hydrogen-bond donors (Lipinski definition) is 1. The van der Waals surface area contributed by atoms with E-state index in [1.54, 1.807) is 11.3 Å². The molecule has 1 aliphatic heterocycles. The van der Waals surface area contributed by atoms with E-state index in [2.05, 4.69) is 47.8 Å². The van der Waals surface area contributed by atoms with Crippen molar-refractivity contribution in [1.82, 2.24) is 10.2 Å². The van der Waals surface area contributed by atoms with E-state index in [9.17, 15) is 4.79 Å². The van der Waals surface area contributed by atoms with Crippen molar-refractivity contribution in [2.24, 2.45) is 11.3 Å². The van der Waals surface area contributed by atoms with E-state index in [-0.39, 0.29) is 18.1 Å². The van der Waals surface area contributed by atoms with Crippen LogP contribution in [0.2, 0.25) is 0 Å². The van der Waals surface area contributed by atoms with Gasteiger partial charge in [-0.3, -0.25) is 10.1 Å². The summed E-state index contributed by atoms with van der Waals surface area (Å²) >= 11 is 1.70. The van der Waals surface area contributed by atoms with Crippen LogP contribution in [0.1, 0.15) is 58.2 Å². The summed E-state index contributed by atoms with van der Waals surface area (Å²) in [5.41, 5.74) is 1.54. The summed E-state index contributed by atoms with van der Waals surface area (Å²) in [7, 11) is 0. The molecule has 116 valence electrons. The molecule has 1 saturated heterocycles. The maximum Gasteiger partial charge on any atom is 0.241 e. The second kappa shape index (κ2) is 5.73. The van der Waals surface area contributed by atoms with Crippen LogP contribution in [0.25, 0.3) is 0 Å². The highest BCUT2D eigenvalue weighted by Crippen LogP contribution is 2.41. The number of hydrogen-bond acceptors (Lipinski definition) is 3. The van der Waals surface area contributed by atoms with Gasteiger partial charge in [0.15, 0.2) is 0 Å². The van der Waals surface area contributed by atoms with Gasteiger partial charge in [0, 0.05) is 6.54 Å². The third-order valence-electron chi connectivity index (χ3n) is 5.09. The third kappa shape index (κ3) is 2.88. The molecule has 0 spiro atoms. The van der Waals surface area contributed by atoms with Crippen molar-refractivity contribution < 1.29 is 4.79 Å². The fourth-order valence-corrected chi connectivity index (χ4v) is 4.47. The fraction of sp³-hybridized carbons (Fsp3) is 0.706. The molecule has 4 heteroatoms. The molecule has 2 atom stereocenters. The van der Waals surface area contributed by atoms with Crippen molar-refractivity contribution in [3.05, 3.63) is 22.4 Å². The molecule has 0 aromatic carbocycles. The summed E-state index contributed by atoms with van der Waals surface area (Å²) in [5.74, 6) is 0.620. The summed E-state index contributed by atoms with van der Waals surface area (Å²) in [6.45, 7) is 7.49. The van der Waals surface area contributed by atoms with Crippen LogP contribution in [0.4, 0.5) is 0 Å². The first kappa shape index (κ1) is 15.0. The van der Waals surface area contributed by atoms with E-state index < -0.39 is 0 Å². The zero-order chi connectivity index (χ0) is 15.0. The van der Waals surface area contributed by atoms with Crippen molar-refractivity contribution in [3.63, 3.8) is 0 Å². The Morgan fingerprint density at radius 2 is 2.14 bits per heavy atom. The third-order valence-corrected chi connectivity index (χ3v) is 5.79. The Balaban J connectivity index is 1.84. The summed E-state index contributed by atoms with van der Waals surface area (Å²) in [5, 5.41) is 7.83. The number of rotatable bonds is 4. The van der Waals surface area contributed by atoms with E-state index in [1.807, 2.05) is 0 Å². The van der Waals surface area contributed by atoms with Crippen LogP contribution >= 0.6 is 11.3 Å². The minimum absolute atomic E-state index is 0.0418. The highest BCUT2D eigenvalue weighted by molar-refractivity contribution is 7.07. The first-order valence-electron chi connectivity index (χ1n) is 8.09. The molecule has 0 radical (unpaired) electrons. The lowest BCUT2D eigenvalue weighted by Gasteiger charge is -2.33. The highest BCUT2D eigenvalue weighted by Gasteiger charge is 2.44. The van der Waals surface area contributed by atoms with Gasteiger partial charge in [-0.25, -0.2) is 0 Å². The van der Waals surface area contributed by atoms with E-state index in [4.69, 9.17) is 0 Å². The standard InChI is InChI=1S/C17H26N2OS/c1-12(2)14-16(20)19(11-17(3)7-4-5-8-17)15(18-14)13-6-9-21-10-13/h6,9-10,12,14-15,18H,4-5,7-8,11H2,1-3H3. The maximum absolute atomic E-state index is 12.8. The molecule has 1 saturated carbocycles. The molecule has 2 fully saturated rings. The van der Waals surface area contributed by atoms with E-state index in [1.165, 1.54) is 31.2 Å². The molecule has 1 aliphatic carbocycles. The molecule has 1 N–H and O–H groups in total. The highest BCUT2D eigenvalue weighted by atomic mass is 32.1. The van der Waals surface area contributed by atoms with Crippen molar-refractivity contribution in [2.75, 3.05) is 6.54 Å². The first-order valence-corrected chi connectivity index (χ1v) is 9.03. The van der Waals surface area contributed by atoms with Crippen molar-refractivity contribution in [1.29, 1.82) is 0 Å². The molecular formula is C17H26N2OS. The van der Waals surface area contributed by atoms with Gasteiger partial charge in [0.2, 0.25) is 5.91 Å². The Labute approximate surface area is 131 Å². The van der Waals surface area contributed by atoms with Gasteiger partial charge in [-0.15, -0.1) is 0 Å². The average molecular weight is 306 g/mol. The normalized spacial score (nSPS) is 28.8. The van der Waals surface area contributed by atoms with Gasteiger partial charge in [-0.1, -0.05) is 33.6 Å². The molecule has 2 heterocycles. The number of carbonyl (C=O) groups is 1. The van der Waals surface area contributed by atoms with Crippen molar-refractivity contribution in [2.45, 2.75) is 58.7 Å². The SMILES string of the molecule is CC(C)C1NC(c2ccsc2)N(CC2(C)CCCC2)C1=O. The second-order valence-corrected chi connectivity index (χ2v) is 8.11. The van der Waals surface area contributed by atoms with Gasteiger partial charge in [-0.2, -0.15) is 11.3 Å². The Morgan fingerprint density at radius 3 is 2.71 bits per heavy atom. The van der Waals surface area contributed by atoms with Gasteiger partial charge in [0.1, 0.15) is 6.17 Å². The summed E-state index contributed by atoms with van der Waals surface area (Å²) in [6, 6.07) is 2.10. The van der Waals surface area contributed by atoms with Gasteiger partial charge < -0.3 is 4.90 Å². The predicted molar refractivity (Wildman–Crippen MR) is 87.1 cm³/mol. The Hall–Kier alpha value is -0.870. The molecule has 2 unspecified atom stereocenters. The fourth-order valence-electron chi connectivity index (χ4n) is 3.79. The van der Waals surface area contributed by atoms with Gasteiger partial charge in [-0.05, 0) is 46.6 Å². The number of amides is 1. The number of nitrogens with one attached hydrogen (secondary N) is 1. The molecule has 3 rings (SSSR count). The maximum atomic E-state index is 12.8. The second-order valence-electron chi connectivity index (χ2n) is 7.33. The average Bonchev–Trinajstić information content (AvgIpc) is 3.13. The van der Waals surface area contributed by atoms with Gasteiger partial charge in [0.05, 0.1) is 6.04 Å². The number of carbonyl (C=O) groups excluding carboxylic acids is 1. The van der Waals surface area contributed by atoms with Crippen molar-refractivity contribution in [3.8, 4) is 0 Å².